The van der Waals surface area contributed by atoms with Gasteiger partial charge in [-0.3, -0.25) is 58.0 Å². The van der Waals surface area contributed by atoms with Crippen molar-refractivity contribution in [1.29, 1.82) is 0 Å². The number of aliphatic carboxylic acids is 3. The Morgan fingerprint density at radius 1 is 0.763 bits per heavy atom. The number of nitrogens with one attached hydrogen (secondary N) is 6. The van der Waals surface area contributed by atoms with Gasteiger partial charge in [0.25, 0.3) is 5.91 Å². The molecule has 414 valence electrons. The van der Waals surface area contributed by atoms with E-state index >= 15 is 0 Å². The van der Waals surface area contributed by atoms with E-state index in [0.29, 0.717) is 29.1 Å². The number of hydrogen-bond donors (Lipinski definition) is 9. The van der Waals surface area contributed by atoms with Crippen molar-refractivity contribution in [2.24, 2.45) is 0 Å². The Morgan fingerprint density at radius 3 is 1.82 bits per heavy atom. The third kappa shape index (κ3) is 18.0. The molecule has 0 bridgehead atoms. The number of carboxylic acids is 3. The first-order valence-electron chi connectivity index (χ1n) is 24.9. The molecule has 2 atom stereocenters. The van der Waals surface area contributed by atoms with Gasteiger partial charge in [0.15, 0.2) is 5.95 Å². The molecule has 0 aliphatic carbocycles. The van der Waals surface area contributed by atoms with Crippen molar-refractivity contribution in [2.45, 2.75) is 77.5 Å². The van der Waals surface area contributed by atoms with Gasteiger partial charge in [0.2, 0.25) is 27.3 Å². The minimum Gasteiger partial charge on any atom is -0.480 e. The molecule has 5 rings (SSSR count). The Balaban J connectivity index is 1.27. The average Bonchev–Trinajstić information content (AvgIpc) is 3.87. The van der Waals surface area contributed by atoms with Crippen molar-refractivity contribution in [3.8, 4) is 0 Å². The Morgan fingerprint density at radius 2 is 1.32 bits per heavy atom. The van der Waals surface area contributed by atoms with E-state index in [0.717, 1.165) is 11.1 Å². The molecule has 0 radical (unpaired) electrons. The van der Waals surface area contributed by atoms with Crippen LogP contribution in [0.4, 0.5) is 5.95 Å². The predicted molar refractivity (Wildman–Crippen MR) is 280 cm³/mol. The molecule has 4 aromatic rings. The van der Waals surface area contributed by atoms with E-state index in [9.17, 15) is 62.1 Å². The van der Waals surface area contributed by atoms with Crippen molar-refractivity contribution < 1.29 is 57.3 Å². The van der Waals surface area contributed by atoms with Crippen molar-refractivity contribution >= 4 is 68.3 Å². The molecular formula is C50H70N12O13S. The van der Waals surface area contributed by atoms with E-state index in [4.69, 9.17) is 0 Å². The summed E-state index contributed by atoms with van der Waals surface area (Å²) in [4.78, 5) is 117. The number of carboxylic acid groups (broad SMARTS) is 3. The highest BCUT2D eigenvalue weighted by Crippen LogP contribution is 2.22. The summed E-state index contributed by atoms with van der Waals surface area (Å²) in [5.41, 5.74) is 2.19. The monoisotopic (exact) mass is 1080 g/mol. The fraction of sp³-hybridized carbons (Fsp3) is 0.500. The van der Waals surface area contributed by atoms with Crippen LogP contribution in [0.25, 0.3) is 10.9 Å². The first-order valence-corrected chi connectivity index (χ1v) is 26.4. The molecule has 1 unspecified atom stereocenters. The molecule has 1 saturated heterocycles. The maximum absolute atomic E-state index is 14.0. The summed E-state index contributed by atoms with van der Waals surface area (Å²) < 4.78 is 31.2. The van der Waals surface area contributed by atoms with Crippen molar-refractivity contribution in [3.05, 3.63) is 87.0 Å². The number of ketones is 1. The van der Waals surface area contributed by atoms with E-state index in [2.05, 4.69) is 36.0 Å². The van der Waals surface area contributed by atoms with Crippen LogP contribution in [0.3, 0.4) is 0 Å². The predicted octanol–water partition coefficient (Wildman–Crippen LogP) is -0.196. The van der Waals surface area contributed by atoms with Gasteiger partial charge in [-0.05, 0) is 69.4 Å². The molecule has 3 heterocycles. The Bertz CT molecular complexity index is 2840. The van der Waals surface area contributed by atoms with Crippen molar-refractivity contribution in [3.63, 3.8) is 0 Å². The highest BCUT2D eigenvalue weighted by Gasteiger charge is 2.28. The number of fused-ring (bicyclic) bond motifs is 1. The summed E-state index contributed by atoms with van der Waals surface area (Å²) >= 11 is 0. The van der Waals surface area contributed by atoms with Gasteiger partial charge in [0, 0.05) is 103 Å². The van der Waals surface area contributed by atoms with Gasteiger partial charge < -0.3 is 46.1 Å². The zero-order valence-corrected chi connectivity index (χ0v) is 44.3. The maximum Gasteiger partial charge on any atom is 0.317 e. The molecule has 25 nitrogen and oxygen atoms in total. The number of aromatic amines is 1. The number of hydrogen-bond acceptors (Lipinski definition) is 16. The summed E-state index contributed by atoms with van der Waals surface area (Å²) in [6.07, 6.45) is 5.13. The number of carbonyl (C=O) groups is 7. The lowest BCUT2D eigenvalue weighted by Crippen LogP contribution is -2.52. The van der Waals surface area contributed by atoms with Crippen LogP contribution in [-0.4, -0.2) is 203 Å². The highest BCUT2D eigenvalue weighted by molar-refractivity contribution is 7.89. The molecule has 26 heteroatoms. The molecule has 1 aliphatic rings. The number of aryl methyl sites for hydroxylation is 4. The number of benzene rings is 2. The molecule has 2 aromatic heterocycles. The molecule has 1 aliphatic heterocycles. The second-order valence-corrected chi connectivity index (χ2v) is 20.5. The van der Waals surface area contributed by atoms with Gasteiger partial charge in [0.05, 0.1) is 42.6 Å². The van der Waals surface area contributed by atoms with Crippen LogP contribution in [-0.2, 0) is 51.9 Å². The second kappa shape index (κ2) is 28.2. The Kier molecular flexibility index (Phi) is 22.1. The molecule has 2 aromatic carbocycles. The summed E-state index contributed by atoms with van der Waals surface area (Å²) in [6, 6.07) is 6.21. The molecule has 3 amide bonds. The van der Waals surface area contributed by atoms with E-state index in [1.54, 1.807) is 87.7 Å². The van der Waals surface area contributed by atoms with Crippen LogP contribution in [0.1, 0.15) is 59.3 Å². The average molecular weight is 1080 g/mol. The molecule has 1 fully saturated rings. The SMILES string of the molecule is CC[C@H](NC(=O)CN1CCN(CC(=O)O)CCN(CC(=O)O)CCN(CC(=O)O)CC1)C(=O)NCCCn1cc(C(=O)NCC(NS(=O)(=O)c2c(C)cc(C)cc2C)C(C)=O)c(=O)c2ccc(CNc3ncc[nH]3)cc21. The minimum absolute atomic E-state index is 0.0207. The largest absolute Gasteiger partial charge is 0.480 e. The molecule has 9 N–H and O–H groups in total. The first kappa shape index (κ1) is 59.8. The van der Waals surface area contributed by atoms with E-state index in [1.807, 2.05) is 6.92 Å². The number of carbonyl (C=O) groups excluding carboxylic acids is 4. The molecular weight excluding hydrogens is 1010 g/mol. The topological polar surface area (TPSA) is 338 Å². The quantitative estimate of drug-likeness (QED) is 0.0388. The second-order valence-electron chi connectivity index (χ2n) is 18.9. The lowest BCUT2D eigenvalue weighted by molar-refractivity contribution is -0.140. The van der Waals surface area contributed by atoms with Crippen LogP contribution in [0, 0.1) is 20.8 Å². The summed E-state index contributed by atoms with van der Waals surface area (Å²) in [7, 11) is -4.22. The van der Waals surface area contributed by atoms with Gasteiger partial charge in [-0.1, -0.05) is 30.7 Å². The number of H-pyrrole nitrogens is 1. The smallest absolute Gasteiger partial charge is 0.317 e. The Labute approximate surface area is 440 Å². The fourth-order valence-electron chi connectivity index (χ4n) is 9.00. The van der Waals surface area contributed by atoms with Gasteiger partial charge >= 0.3 is 17.9 Å². The van der Waals surface area contributed by atoms with Gasteiger partial charge in [0.1, 0.15) is 17.4 Å². The van der Waals surface area contributed by atoms with Crippen LogP contribution >= 0.6 is 0 Å². The lowest BCUT2D eigenvalue weighted by atomic mass is 10.1. The molecule has 76 heavy (non-hydrogen) atoms. The number of rotatable bonds is 25. The van der Waals surface area contributed by atoms with Crippen molar-refractivity contribution in [2.75, 3.05) is 96.9 Å². The lowest BCUT2D eigenvalue weighted by Gasteiger charge is -2.33. The number of aromatic nitrogens is 3. The summed E-state index contributed by atoms with van der Waals surface area (Å²) in [5, 5.41) is 40.2. The van der Waals surface area contributed by atoms with Crippen LogP contribution < -0.4 is 31.4 Å². The van der Waals surface area contributed by atoms with E-state index in [-0.39, 0.29) is 120 Å². The highest BCUT2D eigenvalue weighted by atomic mass is 32.2. The number of anilines is 1. The number of amides is 3. The minimum atomic E-state index is -4.22. The van der Waals surface area contributed by atoms with Crippen LogP contribution in [0.5, 0.6) is 0 Å². The number of pyridine rings is 1. The van der Waals surface area contributed by atoms with E-state index < -0.39 is 75.5 Å². The van der Waals surface area contributed by atoms with Crippen LogP contribution in [0.2, 0.25) is 0 Å². The maximum atomic E-state index is 14.0. The molecule has 0 spiro atoms. The third-order valence-electron chi connectivity index (χ3n) is 12.8. The van der Waals surface area contributed by atoms with Gasteiger partial charge in [-0.25, -0.2) is 13.4 Å². The van der Waals surface area contributed by atoms with Crippen molar-refractivity contribution in [1.82, 2.24) is 54.8 Å². The summed E-state index contributed by atoms with van der Waals surface area (Å²) in [5.74, 6) is -5.11. The first-order chi connectivity index (χ1) is 36.0. The zero-order chi connectivity index (χ0) is 55.7. The summed E-state index contributed by atoms with van der Waals surface area (Å²) in [6.45, 7) is 8.74. The van der Waals surface area contributed by atoms with E-state index in [1.165, 1.54) is 13.1 Å². The number of nitrogens with zero attached hydrogens (tertiary/aromatic N) is 6. The molecule has 0 saturated carbocycles. The number of imidazole rings is 1. The number of Topliss-reactive ketones (excluding diaryl/α,β-unsaturated/α-hetero) is 1. The van der Waals surface area contributed by atoms with Gasteiger partial charge in [-0.15, -0.1) is 0 Å². The van der Waals surface area contributed by atoms with Gasteiger partial charge in [-0.2, -0.15) is 4.72 Å². The number of sulfonamides is 1. The normalized spacial score (nSPS) is 15.4. The zero-order valence-electron chi connectivity index (χ0n) is 43.5. The third-order valence-corrected chi connectivity index (χ3v) is 14.6. The fourth-order valence-corrected chi connectivity index (χ4v) is 10.7. The Hall–Kier alpha value is -7.10. The standard InChI is InChI=1S/C50H70N12O13S/c1-6-39(56-42(64)28-58-14-16-59(29-43(65)66)18-20-61(31-45(69)70)21-19-60(17-15-58)30-44(67)68)49(73)51-10-7-13-62-27-38(46(71)37-9-8-36(24-41(37)62)25-55-50-52-11-12-53-50)48(72)54-26-40(35(5)63)57-76(74,75)47-33(3)22-32(2)23-34(47)4/h8-9,11-12,22-24,27,39-40,57H,6-7,10,13-21,25-26,28-31H2,1-5H3,(H,51,73)(H,54,72)(H,56,64)(H,65,66)(H,67,68)(H,69,70)(H2,52,53,55)/t39-,40?/m0/s1. The van der Waals surface area contributed by atoms with Crippen LogP contribution in [0.15, 0.2) is 58.6 Å².